The summed E-state index contributed by atoms with van der Waals surface area (Å²) in [5.41, 5.74) is 0.898. The van der Waals surface area contributed by atoms with Gasteiger partial charge < -0.3 is 15.1 Å². The number of carbonyl (C=O) groups excluding carboxylic acids is 1. The van der Waals surface area contributed by atoms with Crippen molar-refractivity contribution in [3.63, 3.8) is 0 Å². The van der Waals surface area contributed by atoms with Gasteiger partial charge in [0.15, 0.2) is 0 Å². The van der Waals surface area contributed by atoms with Crippen molar-refractivity contribution in [2.24, 2.45) is 0 Å². The van der Waals surface area contributed by atoms with E-state index in [0.29, 0.717) is 37.0 Å². The lowest BCUT2D eigenvalue weighted by Crippen LogP contribution is -2.57. The first kappa shape index (κ1) is 19.7. The Morgan fingerprint density at radius 2 is 2.00 bits per heavy atom. The lowest BCUT2D eigenvalue weighted by molar-refractivity contribution is -0.140. The van der Waals surface area contributed by atoms with Crippen LogP contribution in [0, 0.1) is 0 Å². The molecule has 1 saturated heterocycles. The van der Waals surface area contributed by atoms with Crippen LogP contribution in [0.4, 0.5) is 13.2 Å². The van der Waals surface area contributed by atoms with Crippen LogP contribution < -0.4 is 10.6 Å². The van der Waals surface area contributed by atoms with Crippen molar-refractivity contribution >= 4 is 17.5 Å². The van der Waals surface area contributed by atoms with Gasteiger partial charge in [0.2, 0.25) is 5.91 Å². The number of hydrogen-bond donors (Lipinski definition) is 2. The van der Waals surface area contributed by atoms with Gasteiger partial charge in [0.1, 0.15) is 18.1 Å². The zero-order valence-corrected chi connectivity index (χ0v) is 15.1. The Kier molecular flexibility index (Phi) is 6.08. The Morgan fingerprint density at radius 3 is 2.70 bits per heavy atom. The molecule has 0 spiro atoms. The maximum absolute atomic E-state index is 12.2. The summed E-state index contributed by atoms with van der Waals surface area (Å²) in [6.07, 6.45) is -4.42. The predicted octanol–water partition coefficient (Wildman–Crippen LogP) is 3.05. The summed E-state index contributed by atoms with van der Waals surface area (Å²) in [6, 6.07) is 10.3. The number of nitrogens with one attached hydrogen (secondary N) is 2. The van der Waals surface area contributed by atoms with Gasteiger partial charge in [-0.15, -0.1) is 0 Å². The Morgan fingerprint density at radius 1 is 1.26 bits per heavy atom. The zero-order chi connectivity index (χ0) is 19.4. The van der Waals surface area contributed by atoms with Crippen molar-refractivity contribution in [2.45, 2.75) is 18.8 Å². The summed E-state index contributed by atoms with van der Waals surface area (Å²) in [6.45, 7) is 0.626. The van der Waals surface area contributed by atoms with Crippen molar-refractivity contribution in [3.8, 4) is 11.3 Å². The number of rotatable bonds is 5. The van der Waals surface area contributed by atoms with Gasteiger partial charge in [-0.05, 0) is 36.4 Å². The Balaban J connectivity index is 1.56. The van der Waals surface area contributed by atoms with Gasteiger partial charge in [0.05, 0.1) is 12.6 Å². The smallest absolute Gasteiger partial charge is 0.405 e. The third-order valence-electron chi connectivity index (χ3n) is 4.21. The standard InChI is InChI=1S/C18H19ClF3N3O2/c19-13-3-1-12(2-4-13)16-6-5-14(27-16)9-25-8-7-23-15(10-25)17(26)24-11-18(20,21)22/h1-6,15,23H,7-11H2,(H,24,26)/t15-/m0/s1. The van der Waals surface area contributed by atoms with Crippen LogP contribution in [0.1, 0.15) is 5.76 Å². The normalized spacial score (nSPS) is 18.4. The molecule has 1 amide bonds. The molecule has 1 aromatic heterocycles. The van der Waals surface area contributed by atoms with Crippen LogP contribution in [0.5, 0.6) is 0 Å². The van der Waals surface area contributed by atoms with Crippen molar-refractivity contribution in [1.82, 2.24) is 15.5 Å². The minimum Gasteiger partial charge on any atom is -0.460 e. The molecule has 1 atom stereocenters. The van der Waals surface area contributed by atoms with Gasteiger partial charge in [-0.1, -0.05) is 11.6 Å². The topological polar surface area (TPSA) is 57.5 Å². The molecule has 146 valence electrons. The molecular weight excluding hydrogens is 383 g/mol. The Hall–Kier alpha value is -2.03. The Bertz CT molecular complexity index is 777. The van der Waals surface area contributed by atoms with E-state index in [1.165, 1.54) is 0 Å². The SMILES string of the molecule is O=C(NCC(F)(F)F)[C@@H]1CN(Cc2ccc(-c3ccc(Cl)cc3)o2)CCN1. The molecule has 1 aliphatic rings. The summed E-state index contributed by atoms with van der Waals surface area (Å²) in [5.74, 6) is 0.769. The quantitative estimate of drug-likeness (QED) is 0.808. The fraction of sp³-hybridized carbons (Fsp3) is 0.389. The van der Waals surface area contributed by atoms with Crippen LogP contribution in [-0.2, 0) is 11.3 Å². The van der Waals surface area contributed by atoms with Crippen molar-refractivity contribution in [2.75, 3.05) is 26.2 Å². The summed E-state index contributed by atoms with van der Waals surface area (Å²) in [7, 11) is 0. The molecule has 27 heavy (non-hydrogen) atoms. The second-order valence-corrected chi connectivity index (χ2v) is 6.78. The summed E-state index contributed by atoms with van der Waals surface area (Å²) in [5, 5.41) is 5.50. The maximum atomic E-state index is 12.2. The first-order valence-corrected chi connectivity index (χ1v) is 8.83. The van der Waals surface area contributed by atoms with Crippen LogP contribution in [0.2, 0.25) is 5.02 Å². The monoisotopic (exact) mass is 401 g/mol. The van der Waals surface area contributed by atoms with E-state index in [0.717, 1.165) is 11.3 Å². The number of carbonyl (C=O) groups is 1. The molecule has 0 aliphatic carbocycles. The highest BCUT2D eigenvalue weighted by Gasteiger charge is 2.31. The maximum Gasteiger partial charge on any atom is 0.405 e. The molecule has 9 heteroatoms. The van der Waals surface area contributed by atoms with Gasteiger partial charge >= 0.3 is 6.18 Å². The van der Waals surface area contributed by atoms with E-state index < -0.39 is 24.7 Å². The third kappa shape index (κ3) is 5.72. The van der Waals surface area contributed by atoms with Gasteiger partial charge in [-0.2, -0.15) is 13.2 Å². The van der Waals surface area contributed by atoms with Crippen LogP contribution in [-0.4, -0.2) is 49.2 Å². The number of halogens is 4. The van der Waals surface area contributed by atoms with Gasteiger partial charge in [-0.25, -0.2) is 0 Å². The van der Waals surface area contributed by atoms with E-state index in [9.17, 15) is 18.0 Å². The van der Waals surface area contributed by atoms with E-state index in [-0.39, 0.29) is 0 Å². The van der Waals surface area contributed by atoms with E-state index >= 15 is 0 Å². The van der Waals surface area contributed by atoms with Gasteiger partial charge in [0, 0.05) is 30.2 Å². The molecule has 0 radical (unpaired) electrons. The highest BCUT2D eigenvalue weighted by Crippen LogP contribution is 2.24. The molecule has 0 bridgehead atoms. The third-order valence-corrected chi connectivity index (χ3v) is 4.46. The first-order chi connectivity index (χ1) is 12.8. The van der Waals surface area contributed by atoms with Crippen LogP contribution in [0.25, 0.3) is 11.3 Å². The molecule has 2 N–H and O–H groups in total. The van der Waals surface area contributed by atoms with Gasteiger partial charge in [0.25, 0.3) is 0 Å². The summed E-state index contributed by atoms with van der Waals surface area (Å²) in [4.78, 5) is 13.9. The van der Waals surface area contributed by atoms with E-state index in [1.807, 2.05) is 34.5 Å². The number of benzene rings is 1. The average Bonchev–Trinajstić information content (AvgIpc) is 3.08. The second-order valence-electron chi connectivity index (χ2n) is 6.35. The highest BCUT2D eigenvalue weighted by molar-refractivity contribution is 6.30. The number of furan rings is 1. The molecule has 0 saturated carbocycles. The lowest BCUT2D eigenvalue weighted by atomic mass is 10.2. The van der Waals surface area contributed by atoms with Gasteiger partial charge in [-0.3, -0.25) is 9.69 Å². The van der Waals surface area contributed by atoms with Crippen molar-refractivity contribution in [1.29, 1.82) is 0 Å². The molecule has 5 nitrogen and oxygen atoms in total. The number of piperazine rings is 1. The van der Waals surface area contributed by atoms with Crippen molar-refractivity contribution < 1.29 is 22.4 Å². The fourth-order valence-corrected chi connectivity index (χ4v) is 3.02. The molecule has 2 heterocycles. The summed E-state index contributed by atoms with van der Waals surface area (Å²) >= 11 is 5.88. The lowest BCUT2D eigenvalue weighted by Gasteiger charge is -2.32. The largest absolute Gasteiger partial charge is 0.460 e. The fourth-order valence-electron chi connectivity index (χ4n) is 2.89. The van der Waals surface area contributed by atoms with E-state index in [2.05, 4.69) is 5.32 Å². The summed E-state index contributed by atoms with van der Waals surface area (Å²) < 4.78 is 42.6. The zero-order valence-electron chi connectivity index (χ0n) is 14.4. The minimum absolute atomic E-state index is 0.306. The highest BCUT2D eigenvalue weighted by atomic mass is 35.5. The molecule has 2 aromatic rings. The average molecular weight is 402 g/mol. The second kappa shape index (κ2) is 8.33. The van der Waals surface area contributed by atoms with E-state index in [1.54, 1.807) is 12.1 Å². The number of alkyl halides is 3. The van der Waals surface area contributed by atoms with Crippen LogP contribution in [0.3, 0.4) is 0 Å². The van der Waals surface area contributed by atoms with Crippen LogP contribution in [0.15, 0.2) is 40.8 Å². The van der Waals surface area contributed by atoms with E-state index in [4.69, 9.17) is 16.0 Å². The Labute approximate surface area is 159 Å². The van der Waals surface area contributed by atoms with Crippen molar-refractivity contribution in [3.05, 3.63) is 47.2 Å². The molecule has 1 aromatic carbocycles. The molecule has 0 unspecified atom stereocenters. The van der Waals surface area contributed by atoms with Crippen LogP contribution >= 0.6 is 11.6 Å². The first-order valence-electron chi connectivity index (χ1n) is 8.45. The molecular formula is C18H19ClF3N3O2. The molecule has 1 fully saturated rings. The minimum atomic E-state index is -4.42. The molecule has 1 aliphatic heterocycles. The number of nitrogens with zero attached hydrogens (tertiary/aromatic N) is 1. The number of amides is 1. The predicted molar refractivity (Wildman–Crippen MR) is 95.3 cm³/mol. The molecule has 3 rings (SSSR count). The number of hydrogen-bond acceptors (Lipinski definition) is 4.